The van der Waals surface area contributed by atoms with E-state index >= 15 is 0 Å². The molecule has 0 bridgehead atoms. The number of halogens is 1. The third kappa shape index (κ3) is 2.88. The molecule has 15 heavy (non-hydrogen) atoms. The molecule has 2 rings (SSSR count). The minimum absolute atomic E-state index is 0.154. The molecule has 2 heteroatoms. The topological polar surface area (TPSA) is 9.23 Å². The molecule has 0 aromatic heterocycles. The minimum Gasteiger partial charge on any atom is -0.490 e. The molecule has 2 atom stereocenters. The molecule has 1 aliphatic rings. The zero-order chi connectivity index (χ0) is 10.8. The van der Waals surface area contributed by atoms with Crippen LogP contribution in [0.5, 0.6) is 5.75 Å². The fourth-order valence-corrected chi connectivity index (χ4v) is 1.66. The van der Waals surface area contributed by atoms with E-state index < -0.39 is 0 Å². The molecule has 0 aliphatic heterocycles. The van der Waals surface area contributed by atoms with Crippen molar-refractivity contribution in [3.8, 4) is 5.75 Å². The zero-order valence-corrected chi connectivity index (χ0v) is 10.00. The molecular weight excluding hydrogens is 208 g/mol. The first-order chi connectivity index (χ1) is 7.16. The Morgan fingerprint density at radius 2 is 2.07 bits per heavy atom. The van der Waals surface area contributed by atoms with Crippen molar-refractivity contribution < 1.29 is 4.74 Å². The number of alkyl halides is 1. The Morgan fingerprint density at radius 1 is 1.33 bits per heavy atom. The van der Waals surface area contributed by atoms with Crippen molar-refractivity contribution in [1.29, 1.82) is 0 Å². The van der Waals surface area contributed by atoms with Crippen LogP contribution >= 0.6 is 11.6 Å². The van der Waals surface area contributed by atoms with Gasteiger partial charge in [0.25, 0.3) is 0 Å². The van der Waals surface area contributed by atoms with E-state index in [1.165, 1.54) is 18.4 Å². The van der Waals surface area contributed by atoms with E-state index in [0.29, 0.717) is 12.0 Å². The Kier molecular flexibility index (Phi) is 3.20. The quantitative estimate of drug-likeness (QED) is 0.704. The molecule has 0 heterocycles. The maximum atomic E-state index is 6.09. The lowest BCUT2D eigenvalue weighted by atomic mass is 9.98. The monoisotopic (exact) mass is 224 g/mol. The van der Waals surface area contributed by atoms with Crippen LogP contribution in [-0.2, 0) is 0 Å². The van der Waals surface area contributed by atoms with Gasteiger partial charge in [-0.1, -0.05) is 19.1 Å². The highest BCUT2D eigenvalue weighted by atomic mass is 35.5. The lowest BCUT2D eigenvalue weighted by molar-refractivity contribution is 0.303. The van der Waals surface area contributed by atoms with E-state index in [-0.39, 0.29) is 5.38 Å². The van der Waals surface area contributed by atoms with Crippen LogP contribution in [0.2, 0.25) is 0 Å². The molecule has 82 valence electrons. The summed E-state index contributed by atoms with van der Waals surface area (Å²) < 4.78 is 5.75. The van der Waals surface area contributed by atoms with Crippen molar-refractivity contribution >= 4 is 11.6 Å². The van der Waals surface area contributed by atoms with Gasteiger partial charge in [0, 0.05) is 5.38 Å². The van der Waals surface area contributed by atoms with Crippen LogP contribution in [0.4, 0.5) is 0 Å². The molecule has 0 saturated heterocycles. The Labute approximate surface area is 96.4 Å². The minimum atomic E-state index is 0.154. The van der Waals surface area contributed by atoms with Gasteiger partial charge in [-0.15, -0.1) is 11.6 Å². The fourth-order valence-electron chi connectivity index (χ4n) is 1.51. The van der Waals surface area contributed by atoms with Crippen molar-refractivity contribution in [3.63, 3.8) is 0 Å². The van der Waals surface area contributed by atoms with Gasteiger partial charge in [0.1, 0.15) is 5.75 Å². The second-order valence-corrected chi connectivity index (χ2v) is 5.04. The average Bonchev–Trinajstić information content (AvgIpc) is 3.01. The third-order valence-corrected chi connectivity index (χ3v) is 3.28. The smallest absolute Gasteiger partial charge is 0.120 e. The van der Waals surface area contributed by atoms with Crippen molar-refractivity contribution in [3.05, 3.63) is 29.8 Å². The van der Waals surface area contributed by atoms with Crippen LogP contribution < -0.4 is 4.74 Å². The largest absolute Gasteiger partial charge is 0.490 e. The van der Waals surface area contributed by atoms with Gasteiger partial charge >= 0.3 is 0 Å². The lowest BCUT2D eigenvalue weighted by Crippen LogP contribution is -2.05. The molecule has 1 saturated carbocycles. The van der Waals surface area contributed by atoms with Crippen LogP contribution in [0, 0.1) is 0 Å². The first-order valence-electron chi connectivity index (χ1n) is 5.57. The second-order valence-electron chi connectivity index (χ2n) is 4.36. The van der Waals surface area contributed by atoms with Gasteiger partial charge in [-0.05, 0) is 43.4 Å². The summed E-state index contributed by atoms with van der Waals surface area (Å²) in [5, 5.41) is 0.154. The molecule has 1 fully saturated rings. The molecule has 1 aromatic rings. The van der Waals surface area contributed by atoms with Crippen LogP contribution in [0.25, 0.3) is 0 Å². The highest BCUT2D eigenvalue weighted by molar-refractivity contribution is 6.20. The summed E-state index contributed by atoms with van der Waals surface area (Å²) in [6.45, 7) is 4.18. The van der Waals surface area contributed by atoms with Crippen molar-refractivity contribution in [1.82, 2.24) is 0 Å². The average molecular weight is 225 g/mol. The standard InChI is InChI=1S/C13H17ClO/c1-9(10(2)14)11-4-3-5-13(8-11)15-12-6-7-12/h3-5,8-10,12H,6-7H2,1-2H3. The molecule has 2 unspecified atom stereocenters. The summed E-state index contributed by atoms with van der Waals surface area (Å²) in [5.74, 6) is 1.36. The second kappa shape index (κ2) is 4.44. The summed E-state index contributed by atoms with van der Waals surface area (Å²) in [6.07, 6.45) is 2.86. The van der Waals surface area contributed by atoms with E-state index in [4.69, 9.17) is 16.3 Å². The van der Waals surface area contributed by atoms with Gasteiger partial charge < -0.3 is 4.74 Å². The van der Waals surface area contributed by atoms with Crippen LogP contribution in [0.3, 0.4) is 0 Å². The van der Waals surface area contributed by atoms with E-state index in [1.54, 1.807) is 0 Å². The maximum absolute atomic E-state index is 6.09. The predicted octanol–water partition coefficient (Wildman–Crippen LogP) is 3.96. The molecule has 0 spiro atoms. The summed E-state index contributed by atoms with van der Waals surface area (Å²) in [7, 11) is 0. The molecule has 0 N–H and O–H groups in total. The molecule has 1 aromatic carbocycles. The van der Waals surface area contributed by atoms with Gasteiger partial charge in [0.15, 0.2) is 0 Å². The van der Waals surface area contributed by atoms with Crippen molar-refractivity contribution in [2.24, 2.45) is 0 Å². The van der Waals surface area contributed by atoms with Crippen molar-refractivity contribution in [2.45, 2.75) is 44.1 Å². The summed E-state index contributed by atoms with van der Waals surface area (Å²) >= 11 is 6.09. The zero-order valence-electron chi connectivity index (χ0n) is 9.24. The Bertz CT molecular complexity index is 331. The number of benzene rings is 1. The summed E-state index contributed by atoms with van der Waals surface area (Å²) in [6, 6.07) is 8.29. The van der Waals surface area contributed by atoms with Gasteiger partial charge in [0.2, 0.25) is 0 Å². The number of hydrogen-bond acceptors (Lipinski definition) is 1. The molecular formula is C13H17ClO. The highest BCUT2D eigenvalue weighted by Crippen LogP contribution is 2.30. The maximum Gasteiger partial charge on any atom is 0.120 e. The summed E-state index contributed by atoms with van der Waals surface area (Å²) in [5.41, 5.74) is 1.26. The lowest BCUT2D eigenvalue weighted by Gasteiger charge is -2.15. The Balaban J connectivity index is 2.10. The van der Waals surface area contributed by atoms with Crippen molar-refractivity contribution in [2.75, 3.05) is 0 Å². The first-order valence-corrected chi connectivity index (χ1v) is 6.01. The van der Waals surface area contributed by atoms with E-state index in [1.807, 2.05) is 19.1 Å². The number of rotatable bonds is 4. The molecule has 0 amide bonds. The molecule has 1 aliphatic carbocycles. The Morgan fingerprint density at radius 3 is 2.67 bits per heavy atom. The highest BCUT2D eigenvalue weighted by Gasteiger charge is 2.23. The molecule has 1 nitrogen and oxygen atoms in total. The summed E-state index contributed by atoms with van der Waals surface area (Å²) in [4.78, 5) is 0. The fraction of sp³-hybridized carbons (Fsp3) is 0.538. The van der Waals surface area contributed by atoms with E-state index in [9.17, 15) is 0 Å². The molecule has 0 radical (unpaired) electrons. The van der Waals surface area contributed by atoms with E-state index in [2.05, 4.69) is 19.1 Å². The van der Waals surface area contributed by atoms with Crippen LogP contribution in [0.1, 0.15) is 38.2 Å². The normalized spacial score (nSPS) is 19.7. The van der Waals surface area contributed by atoms with Gasteiger partial charge in [-0.3, -0.25) is 0 Å². The number of hydrogen-bond donors (Lipinski definition) is 0. The van der Waals surface area contributed by atoms with Gasteiger partial charge in [-0.2, -0.15) is 0 Å². The van der Waals surface area contributed by atoms with Gasteiger partial charge in [0.05, 0.1) is 6.10 Å². The third-order valence-electron chi connectivity index (χ3n) is 2.90. The van der Waals surface area contributed by atoms with Gasteiger partial charge in [-0.25, -0.2) is 0 Å². The van der Waals surface area contributed by atoms with Crippen LogP contribution in [0.15, 0.2) is 24.3 Å². The van der Waals surface area contributed by atoms with E-state index in [0.717, 1.165) is 5.75 Å². The number of ether oxygens (including phenoxy) is 1. The van der Waals surface area contributed by atoms with Crippen LogP contribution in [-0.4, -0.2) is 11.5 Å². The SMILES string of the molecule is CC(Cl)C(C)c1cccc(OC2CC2)c1. The predicted molar refractivity (Wildman–Crippen MR) is 63.8 cm³/mol. The Hall–Kier alpha value is -0.690. The first kappa shape index (κ1) is 10.8.